The summed E-state index contributed by atoms with van der Waals surface area (Å²) in [6.45, 7) is 1.65. The third-order valence-corrected chi connectivity index (χ3v) is 4.49. The molecule has 1 saturated heterocycles. The van der Waals surface area contributed by atoms with Gasteiger partial charge in [-0.05, 0) is 60.7 Å². The molecule has 0 radical (unpaired) electrons. The van der Waals surface area contributed by atoms with Crippen LogP contribution in [-0.4, -0.2) is 44.1 Å². The molecule has 5 heteroatoms. The second kappa shape index (κ2) is 6.56. The maximum Gasteiger partial charge on any atom is 0.254 e. The molecule has 0 unspecified atom stereocenters. The SMILES string of the molecule is CNC1CCN(C(=O)c2ccc(OC)cc2I)CC1. The maximum absolute atomic E-state index is 12.5. The van der Waals surface area contributed by atoms with Gasteiger partial charge in [0.1, 0.15) is 5.75 Å². The molecule has 0 spiro atoms. The van der Waals surface area contributed by atoms with E-state index < -0.39 is 0 Å². The normalized spacial score (nSPS) is 16.5. The number of carbonyl (C=O) groups is 1. The molecule has 2 rings (SSSR count). The fourth-order valence-electron chi connectivity index (χ4n) is 2.34. The summed E-state index contributed by atoms with van der Waals surface area (Å²) in [6, 6.07) is 6.13. The van der Waals surface area contributed by atoms with Crippen molar-refractivity contribution in [3.63, 3.8) is 0 Å². The summed E-state index contributed by atoms with van der Waals surface area (Å²) < 4.78 is 6.11. The predicted octanol–water partition coefficient (Wildman–Crippen LogP) is 2.12. The van der Waals surface area contributed by atoms with E-state index in [1.807, 2.05) is 30.1 Å². The van der Waals surface area contributed by atoms with Crippen LogP contribution in [0.15, 0.2) is 18.2 Å². The highest BCUT2D eigenvalue weighted by Gasteiger charge is 2.23. The van der Waals surface area contributed by atoms with Gasteiger partial charge in [0.05, 0.1) is 12.7 Å². The summed E-state index contributed by atoms with van der Waals surface area (Å²) in [5.74, 6) is 0.913. The van der Waals surface area contributed by atoms with Crippen molar-refractivity contribution >= 4 is 28.5 Å². The van der Waals surface area contributed by atoms with E-state index >= 15 is 0 Å². The van der Waals surface area contributed by atoms with E-state index in [1.165, 1.54) is 0 Å². The van der Waals surface area contributed by atoms with Crippen LogP contribution in [0.2, 0.25) is 0 Å². The second-order valence-corrected chi connectivity index (χ2v) is 5.86. The number of piperidine rings is 1. The molecule has 0 atom stereocenters. The second-order valence-electron chi connectivity index (χ2n) is 4.70. The van der Waals surface area contributed by atoms with Crippen LogP contribution in [-0.2, 0) is 0 Å². The number of likely N-dealkylation sites (tertiary alicyclic amines) is 1. The van der Waals surface area contributed by atoms with Crippen LogP contribution < -0.4 is 10.1 Å². The van der Waals surface area contributed by atoms with E-state index in [1.54, 1.807) is 7.11 Å². The van der Waals surface area contributed by atoms with Gasteiger partial charge in [-0.2, -0.15) is 0 Å². The van der Waals surface area contributed by atoms with Gasteiger partial charge in [-0.25, -0.2) is 0 Å². The van der Waals surface area contributed by atoms with Crippen LogP contribution in [0.5, 0.6) is 5.75 Å². The standard InChI is InChI=1S/C14H19IN2O2/c1-16-10-5-7-17(8-6-10)14(18)12-4-3-11(19-2)9-13(12)15/h3-4,9-10,16H,5-8H2,1-2H3. The molecule has 1 aromatic carbocycles. The fraction of sp³-hybridized carbons (Fsp3) is 0.500. The van der Waals surface area contributed by atoms with Gasteiger partial charge in [-0.1, -0.05) is 0 Å². The van der Waals surface area contributed by atoms with Crippen molar-refractivity contribution in [3.8, 4) is 5.75 Å². The Kier molecular flexibility index (Phi) is 5.04. The molecule has 0 aliphatic carbocycles. The van der Waals surface area contributed by atoms with E-state index in [4.69, 9.17) is 4.74 Å². The van der Waals surface area contributed by atoms with Crippen molar-refractivity contribution in [1.29, 1.82) is 0 Å². The summed E-state index contributed by atoms with van der Waals surface area (Å²) in [4.78, 5) is 14.4. The van der Waals surface area contributed by atoms with Crippen molar-refractivity contribution in [3.05, 3.63) is 27.3 Å². The molecule has 0 bridgehead atoms. The van der Waals surface area contributed by atoms with Gasteiger partial charge in [0, 0.05) is 22.7 Å². The van der Waals surface area contributed by atoms with E-state index in [9.17, 15) is 4.79 Å². The molecule has 0 saturated carbocycles. The van der Waals surface area contributed by atoms with E-state index in [-0.39, 0.29) is 5.91 Å². The van der Waals surface area contributed by atoms with Crippen LogP contribution in [0.25, 0.3) is 0 Å². The largest absolute Gasteiger partial charge is 0.497 e. The summed E-state index contributed by atoms with van der Waals surface area (Å²) in [5, 5.41) is 3.27. The Balaban J connectivity index is 2.08. The molecule has 1 aliphatic rings. The molecular weight excluding hydrogens is 355 g/mol. The van der Waals surface area contributed by atoms with Crippen molar-refractivity contribution in [1.82, 2.24) is 10.2 Å². The van der Waals surface area contributed by atoms with Gasteiger partial charge >= 0.3 is 0 Å². The minimum atomic E-state index is 0.126. The molecule has 0 aromatic heterocycles. The molecule has 1 aromatic rings. The lowest BCUT2D eigenvalue weighted by molar-refractivity contribution is 0.0706. The summed E-state index contributed by atoms with van der Waals surface area (Å²) in [7, 11) is 3.62. The quantitative estimate of drug-likeness (QED) is 0.825. The van der Waals surface area contributed by atoms with Crippen LogP contribution in [0.3, 0.4) is 0 Å². The molecule has 1 aliphatic heterocycles. The van der Waals surface area contributed by atoms with Gasteiger partial charge in [0.25, 0.3) is 5.91 Å². The summed E-state index contributed by atoms with van der Waals surface area (Å²) in [6.07, 6.45) is 2.05. The summed E-state index contributed by atoms with van der Waals surface area (Å²) in [5.41, 5.74) is 0.768. The molecule has 1 fully saturated rings. The minimum Gasteiger partial charge on any atom is -0.497 e. The number of rotatable bonds is 3. The number of halogens is 1. The number of methoxy groups -OCH3 is 1. The average molecular weight is 374 g/mol. The van der Waals surface area contributed by atoms with Gasteiger partial charge in [-0.3, -0.25) is 4.79 Å². The highest BCUT2D eigenvalue weighted by atomic mass is 127. The number of benzene rings is 1. The number of hydrogen-bond acceptors (Lipinski definition) is 3. The first-order valence-electron chi connectivity index (χ1n) is 6.45. The van der Waals surface area contributed by atoms with Gasteiger partial charge in [0.15, 0.2) is 0 Å². The third-order valence-electron chi connectivity index (χ3n) is 3.60. The zero-order chi connectivity index (χ0) is 13.8. The number of hydrogen-bond donors (Lipinski definition) is 1. The molecule has 4 nitrogen and oxygen atoms in total. The van der Waals surface area contributed by atoms with Gasteiger partial charge in [0.2, 0.25) is 0 Å². The zero-order valence-electron chi connectivity index (χ0n) is 11.3. The number of amides is 1. The first-order chi connectivity index (χ1) is 9.15. The van der Waals surface area contributed by atoms with Crippen LogP contribution in [0.1, 0.15) is 23.2 Å². The number of nitrogens with one attached hydrogen (secondary N) is 1. The first-order valence-corrected chi connectivity index (χ1v) is 7.53. The van der Waals surface area contributed by atoms with Crippen molar-refractivity contribution in [2.75, 3.05) is 27.2 Å². The Labute approximate surface area is 127 Å². The molecule has 1 N–H and O–H groups in total. The Bertz CT molecular complexity index is 457. The lowest BCUT2D eigenvalue weighted by atomic mass is 10.0. The van der Waals surface area contributed by atoms with Crippen LogP contribution in [0, 0.1) is 3.57 Å². The van der Waals surface area contributed by atoms with Crippen molar-refractivity contribution in [2.24, 2.45) is 0 Å². The molecular formula is C14H19IN2O2. The minimum absolute atomic E-state index is 0.126. The lowest BCUT2D eigenvalue weighted by Crippen LogP contribution is -2.44. The Morgan fingerprint density at radius 3 is 2.63 bits per heavy atom. The maximum atomic E-state index is 12.5. The van der Waals surface area contributed by atoms with Crippen molar-refractivity contribution < 1.29 is 9.53 Å². The van der Waals surface area contributed by atoms with E-state index in [0.29, 0.717) is 6.04 Å². The Hall–Kier alpha value is -0.820. The Morgan fingerprint density at radius 1 is 1.42 bits per heavy atom. The van der Waals surface area contributed by atoms with Gasteiger partial charge < -0.3 is 15.0 Å². The first kappa shape index (κ1) is 14.6. The predicted molar refractivity (Wildman–Crippen MR) is 83.7 cm³/mol. The molecule has 1 heterocycles. The Morgan fingerprint density at radius 2 is 2.11 bits per heavy atom. The average Bonchev–Trinajstić information content (AvgIpc) is 2.46. The topological polar surface area (TPSA) is 41.6 Å². The van der Waals surface area contributed by atoms with Gasteiger partial charge in [-0.15, -0.1) is 0 Å². The lowest BCUT2D eigenvalue weighted by Gasteiger charge is -2.32. The number of ether oxygens (including phenoxy) is 1. The molecule has 1 amide bonds. The number of nitrogens with zero attached hydrogens (tertiary/aromatic N) is 1. The highest BCUT2D eigenvalue weighted by molar-refractivity contribution is 14.1. The van der Waals surface area contributed by atoms with E-state index in [0.717, 1.165) is 40.8 Å². The summed E-state index contributed by atoms with van der Waals surface area (Å²) >= 11 is 2.19. The highest BCUT2D eigenvalue weighted by Crippen LogP contribution is 2.22. The smallest absolute Gasteiger partial charge is 0.254 e. The van der Waals surface area contributed by atoms with Crippen molar-refractivity contribution in [2.45, 2.75) is 18.9 Å². The number of carbonyl (C=O) groups excluding carboxylic acids is 1. The van der Waals surface area contributed by atoms with E-state index in [2.05, 4.69) is 27.9 Å². The molecule has 19 heavy (non-hydrogen) atoms. The monoisotopic (exact) mass is 374 g/mol. The third kappa shape index (κ3) is 3.39. The fourth-order valence-corrected chi connectivity index (χ4v) is 3.06. The molecule has 104 valence electrons. The van der Waals surface area contributed by atoms with Crippen LogP contribution >= 0.6 is 22.6 Å². The zero-order valence-corrected chi connectivity index (χ0v) is 13.4. The van der Waals surface area contributed by atoms with Crippen LogP contribution in [0.4, 0.5) is 0 Å².